The summed E-state index contributed by atoms with van der Waals surface area (Å²) in [5.74, 6) is 1.85. The molecule has 0 spiro atoms. The molecule has 0 radical (unpaired) electrons. The van der Waals surface area contributed by atoms with Crippen molar-refractivity contribution in [1.29, 1.82) is 0 Å². The van der Waals surface area contributed by atoms with Gasteiger partial charge in [-0.1, -0.05) is 13.3 Å². The lowest BCUT2D eigenvalue weighted by atomic mass is 9.85. The van der Waals surface area contributed by atoms with Crippen LogP contribution >= 0.6 is 0 Å². The summed E-state index contributed by atoms with van der Waals surface area (Å²) in [7, 11) is 0. The zero-order chi connectivity index (χ0) is 13.9. The third-order valence-electron chi connectivity index (χ3n) is 4.65. The predicted octanol–water partition coefficient (Wildman–Crippen LogP) is 2.98. The van der Waals surface area contributed by atoms with Crippen LogP contribution in [0.5, 0.6) is 0 Å². The van der Waals surface area contributed by atoms with E-state index < -0.39 is 0 Å². The molecular formula is C17H27N3. The van der Waals surface area contributed by atoms with Crippen LogP contribution in [-0.2, 0) is 19.3 Å². The van der Waals surface area contributed by atoms with Gasteiger partial charge in [0.15, 0.2) is 0 Å². The largest absolute Gasteiger partial charge is 0.314 e. The normalized spacial score (nSPS) is 21.8. The van der Waals surface area contributed by atoms with Crippen molar-refractivity contribution in [3.63, 3.8) is 0 Å². The van der Waals surface area contributed by atoms with Gasteiger partial charge in [0.25, 0.3) is 0 Å². The zero-order valence-electron chi connectivity index (χ0n) is 12.9. The molecule has 2 aliphatic rings. The zero-order valence-corrected chi connectivity index (χ0v) is 12.9. The maximum absolute atomic E-state index is 4.82. The number of rotatable bonds is 6. The van der Waals surface area contributed by atoms with Gasteiger partial charge in [0, 0.05) is 23.9 Å². The Bertz CT molecular complexity index is 466. The van der Waals surface area contributed by atoms with Crippen LogP contribution in [0.2, 0.25) is 0 Å². The Morgan fingerprint density at radius 3 is 2.80 bits per heavy atom. The number of nitrogens with one attached hydrogen (secondary N) is 1. The lowest BCUT2D eigenvalue weighted by molar-refractivity contribution is 0.416. The fraction of sp³-hybridized carbons (Fsp3) is 0.765. The maximum Gasteiger partial charge on any atom is 0.128 e. The first kappa shape index (κ1) is 14.0. The molecule has 110 valence electrons. The summed E-state index contributed by atoms with van der Waals surface area (Å²) >= 11 is 0. The van der Waals surface area contributed by atoms with Crippen LogP contribution in [-0.4, -0.2) is 22.6 Å². The Morgan fingerprint density at radius 2 is 2.05 bits per heavy atom. The van der Waals surface area contributed by atoms with Crippen LogP contribution in [0.1, 0.15) is 61.8 Å². The molecule has 0 aliphatic heterocycles. The fourth-order valence-corrected chi connectivity index (χ4v) is 3.16. The highest BCUT2D eigenvalue weighted by Crippen LogP contribution is 2.27. The second kappa shape index (κ2) is 6.21. The second-order valence-corrected chi connectivity index (χ2v) is 6.55. The van der Waals surface area contributed by atoms with Crippen molar-refractivity contribution < 1.29 is 0 Å². The Morgan fingerprint density at radius 1 is 1.20 bits per heavy atom. The molecule has 1 N–H and O–H groups in total. The number of unbranched alkanes of at least 4 members (excludes halogenated alkanes) is 1. The minimum Gasteiger partial charge on any atom is -0.314 e. The Kier molecular flexibility index (Phi) is 4.35. The van der Waals surface area contributed by atoms with Gasteiger partial charge in [-0.25, -0.2) is 9.97 Å². The molecular weight excluding hydrogens is 246 g/mol. The van der Waals surface area contributed by atoms with E-state index in [9.17, 15) is 0 Å². The van der Waals surface area contributed by atoms with Gasteiger partial charge in [0.05, 0.1) is 0 Å². The molecule has 1 aromatic heterocycles. The van der Waals surface area contributed by atoms with Gasteiger partial charge >= 0.3 is 0 Å². The first-order chi connectivity index (χ1) is 9.76. The third kappa shape index (κ3) is 3.38. The molecule has 3 nitrogen and oxygen atoms in total. The second-order valence-electron chi connectivity index (χ2n) is 6.55. The average Bonchev–Trinajstić information content (AvgIpc) is 3.27. The van der Waals surface area contributed by atoms with Gasteiger partial charge in [-0.15, -0.1) is 0 Å². The first-order valence-corrected chi connectivity index (χ1v) is 8.35. The van der Waals surface area contributed by atoms with Crippen molar-refractivity contribution in [2.75, 3.05) is 6.54 Å². The van der Waals surface area contributed by atoms with Gasteiger partial charge in [-0.05, 0) is 63.5 Å². The molecule has 20 heavy (non-hydrogen) atoms. The van der Waals surface area contributed by atoms with E-state index in [2.05, 4.69) is 19.2 Å². The van der Waals surface area contributed by atoms with E-state index in [0.717, 1.165) is 30.6 Å². The van der Waals surface area contributed by atoms with E-state index in [1.165, 1.54) is 62.0 Å². The van der Waals surface area contributed by atoms with Crippen molar-refractivity contribution in [2.24, 2.45) is 5.92 Å². The van der Waals surface area contributed by atoms with Crippen LogP contribution in [0.4, 0.5) is 0 Å². The number of nitrogens with zero attached hydrogens (tertiary/aromatic N) is 2. The van der Waals surface area contributed by atoms with E-state index in [1.54, 1.807) is 0 Å². The fourth-order valence-electron chi connectivity index (χ4n) is 3.16. The van der Waals surface area contributed by atoms with Crippen LogP contribution in [0.15, 0.2) is 0 Å². The molecule has 0 saturated heterocycles. The molecule has 1 saturated carbocycles. The molecule has 1 fully saturated rings. The first-order valence-electron chi connectivity index (χ1n) is 8.35. The van der Waals surface area contributed by atoms with E-state index in [-0.39, 0.29) is 0 Å². The molecule has 2 aliphatic carbocycles. The standard InChI is InChI=1S/C17H27N3/c1-3-4-5-17-19-12(2)15-10-13(6-9-16(15)20-17)11-18-14-7-8-14/h13-14,18H,3-11H2,1-2H3. The number of hydrogen-bond acceptors (Lipinski definition) is 3. The summed E-state index contributed by atoms with van der Waals surface area (Å²) in [6.07, 6.45) is 9.83. The monoisotopic (exact) mass is 273 g/mol. The van der Waals surface area contributed by atoms with E-state index >= 15 is 0 Å². The summed E-state index contributed by atoms with van der Waals surface area (Å²) in [6, 6.07) is 0.824. The molecule has 0 bridgehead atoms. The highest BCUT2D eigenvalue weighted by Gasteiger charge is 2.25. The van der Waals surface area contributed by atoms with Crippen molar-refractivity contribution in [3.8, 4) is 0 Å². The van der Waals surface area contributed by atoms with Crippen LogP contribution in [0.3, 0.4) is 0 Å². The molecule has 1 aromatic rings. The van der Waals surface area contributed by atoms with Gasteiger partial charge in [0.2, 0.25) is 0 Å². The maximum atomic E-state index is 4.82. The van der Waals surface area contributed by atoms with Crippen molar-refractivity contribution >= 4 is 0 Å². The average molecular weight is 273 g/mol. The number of hydrogen-bond donors (Lipinski definition) is 1. The summed E-state index contributed by atoms with van der Waals surface area (Å²) in [5, 5.41) is 3.68. The summed E-state index contributed by atoms with van der Waals surface area (Å²) < 4.78 is 0. The van der Waals surface area contributed by atoms with E-state index in [1.807, 2.05) is 0 Å². The van der Waals surface area contributed by atoms with Gasteiger partial charge in [0.1, 0.15) is 5.82 Å². The minimum absolute atomic E-state index is 0.784. The number of fused-ring (bicyclic) bond motifs is 1. The minimum atomic E-state index is 0.784. The van der Waals surface area contributed by atoms with Gasteiger partial charge < -0.3 is 5.32 Å². The van der Waals surface area contributed by atoms with E-state index in [4.69, 9.17) is 9.97 Å². The van der Waals surface area contributed by atoms with Gasteiger partial charge in [-0.2, -0.15) is 0 Å². The summed E-state index contributed by atoms with van der Waals surface area (Å²) in [5.41, 5.74) is 4.02. The van der Waals surface area contributed by atoms with Gasteiger partial charge in [-0.3, -0.25) is 0 Å². The molecule has 1 atom stereocenters. The predicted molar refractivity (Wildman–Crippen MR) is 81.9 cm³/mol. The van der Waals surface area contributed by atoms with Crippen LogP contribution < -0.4 is 5.32 Å². The quantitative estimate of drug-likeness (QED) is 0.866. The number of aromatic nitrogens is 2. The lowest BCUT2D eigenvalue weighted by Gasteiger charge is -2.25. The lowest BCUT2D eigenvalue weighted by Crippen LogP contribution is -2.29. The Hall–Kier alpha value is -0.960. The number of aryl methyl sites for hydroxylation is 3. The molecule has 0 aromatic carbocycles. The highest BCUT2D eigenvalue weighted by molar-refractivity contribution is 5.28. The molecule has 1 heterocycles. The van der Waals surface area contributed by atoms with Crippen molar-refractivity contribution in [1.82, 2.24) is 15.3 Å². The third-order valence-corrected chi connectivity index (χ3v) is 4.65. The highest BCUT2D eigenvalue weighted by atomic mass is 14.9. The topological polar surface area (TPSA) is 37.8 Å². The van der Waals surface area contributed by atoms with E-state index in [0.29, 0.717) is 0 Å². The Labute approximate surface area is 122 Å². The molecule has 3 heteroatoms. The summed E-state index contributed by atoms with van der Waals surface area (Å²) in [4.78, 5) is 9.56. The molecule has 1 unspecified atom stereocenters. The van der Waals surface area contributed by atoms with Crippen LogP contribution in [0.25, 0.3) is 0 Å². The van der Waals surface area contributed by atoms with Crippen LogP contribution in [0, 0.1) is 12.8 Å². The molecule has 0 amide bonds. The molecule has 3 rings (SSSR count). The summed E-state index contributed by atoms with van der Waals surface area (Å²) in [6.45, 7) is 5.58. The SMILES string of the molecule is CCCCc1nc(C)c2c(n1)CCC(CNC1CC1)C2. The Balaban J connectivity index is 1.65. The smallest absolute Gasteiger partial charge is 0.128 e. The van der Waals surface area contributed by atoms with Crippen molar-refractivity contribution in [3.05, 3.63) is 22.8 Å². The van der Waals surface area contributed by atoms with Crippen molar-refractivity contribution in [2.45, 2.75) is 71.3 Å².